The number of hydrogen-bond acceptors (Lipinski definition) is 9. The molecule has 2 fully saturated rings. The van der Waals surface area contributed by atoms with Crippen LogP contribution >= 0.6 is 0 Å². The molecule has 0 bridgehead atoms. The molecule has 1 N–H and O–H groups in total. The van der Waals surface area contributed by atoms with Gasteiger partial charge in [0.2, 0.25) is 0 Å². The summed E-state index contributed by atoms with van der Waals surface area (Å²) in [5.74, 6) is -1.03. The Morgan fingerprint density at radius 2 is 1.40 bits per heavy atom. The fourth-order valence-corrected chi connectivity index (χ4v) is 17.3. The lowest BCUT2D eigenvalue weighted by Crippen LogP contribution is -2.72. The molecule has 4 aromatic rings. The molecule has 12 heteroatoms. The van der Waals surface area contributed by atoms with Crippen molar-refractivity contribution >= 4 is 46.6 Å². The van der Waals surface area contributed by atoms with Gasteiger partial charge in [0.05, 0.1) is 43.5 Å². The first-order chi connectivity index (χ1) is 29.7. The lowest BCUT2D eigenvalue weighted by atomic mass is 9.80. The van der Waals surface area contributed by atoms with Crippen molar-refractivity contribution in [3.63, 3.8) is 0 Å². The molecule has 2 aliphatic heterocycles. The first kappa shape index (κ1) is 48.4. The smallest absolute Gasteiger partial charge is 0.288 e. The average molecular weight is 900 g/mol. The summed E-state index contributed by atoms with van der Waals surface area (Å²) >= 11 is 0. The SMILES string of the molecule is CC[Si](CC)(CC)OC[C@H]1C[C@@H](OC)C[C@@](O)(Cc2nc(/C=C(\C)[C@@H]3O[C@H](CCO[Si](C)(C)C)[C@H](C)[C@H](O[Si](c4ccccc4)(c4ccccc4)c4ccccc4)[C@H]3C)co2)O1. The van der Waals surface area contributed by atoms with E-state index in [9.17, 15) is 5.11 Å². The molecule has 0 aliphatic carbocycles. The Morgan fingerprint density at radius 3 is 1.92 bits per heavy atom. The number of oxazole rings is 1. The predicted octanol–water partition coefficient (Wildman–Crippen LogP) is 8.86. The summed E-state index contributed by atoms with van der Waals surface area (Å²) in [6.07, 6.45) is 4.58. The highest BCUT2D eigenvalue weighted by atomic mass is 28.4. The maximum Gasteiger partial charge on any atom is 0.288 e. The molecule has 0 unspecified atom stereocenters. The number of hydrogen-bond donors (Lipinski definition) is 1. The van der Waals surface area contributed by atoms with Crippen LogP contribution in [0.15, 0.2) is 107 Å². The topological polar surface area (TPSA) is 102 Å². The van der Waals surface area contributed by atoms with E-state index in [1.165, 1.54) is 15.6 Å². The molecule has 0 spiro atoms. The Morgan fingerprint density at radius 1 is 0.839 bits per heavy atom. The van der Waals surface area contributed by atoms with Crippen LogP contribution in [0.4, 0.5) is 0 Å². The number of aliphatic hydroxyl groups is 1. The van der Waals surface area contributed by atoms with E-state index in [4.69, 9.17) is 36.9 Å². The first-order valence-corrected chi connectivity index (χ1v) is 30.8. The number of nitrogens with zero attached hydrogens (tertiary/aromatic N) is 1. The number of benzene rings is 3. The Labute approximate surface area is 374 Å². The molecule has 9 nitrogen and oxygen atoms in total. The second-order valence-corrected chi connectivity index (χ2v) is 31.3. The van der Waals surface area contributed by atoms with Gasteiger partial charge in [0.1, 0.15) is 12.0 Å². The molecule has 1 aromatic heterocycles. The summed E-state index contributed by atoms with van der Waals surface area (Å²) in [6, 6.07) is 35.6. The van der Waals surface area contributed by atoms with E-state index in [0.717, 1.165) is 30.1 Å². The van der Waals surface area contributed by atoms with Gasteiger partial charge in [0, 0.05) is 38.4 Å². The number of rotatable bonds is 20. The fraction of sp³-hybridized carbons (Fsp3) is 0.540. The monoisotopic (exact) mass is 899 g/mol. The molecular weight excluding hydrogens is 827 g/mol. The van der Waals surface area contributed by atoms with Crippen LogP contribution in [-0.4, -0.2) is 91.7 Å². The maximum absolute atomic E-state index is 11.9. The second kappa shape index (κ2) is 21.3. The molecule has 62 heavy (non-hydrogen) atoms. The molecule has 0 saturated carbocycles. The molecule has 6 rings (SSSR count). The van der Waals surface area contributed by atoms with Crippen molar-refractivity contribution in [3.8, 4) is 0 Å². The zero-order chi connectivity index (χ0) is 44.5. The minimum absolute atomic E-state index is 0.0128. The van der Waals surface area contributed by atoms with Crippen molar-refractivity contribution in [2.45, 2.75) is 141 Å². The molecule has 0 amide bonds. The van der Waals surface area contributed by atoms with Gasteiger partial charge in [-0.3, -0.25) is 0 Å². The average Bonchev–Trinajstić information content (AvgIpc) is 3.70. The van der Waals surface area contributed by atoms with E-state index in [-0.39, 0.29) is 48.8 Å². The van der Waals surface area contributed by atoms with Gasteiger partial charge >= 0.3 is 0 Å². The Balaban J connectivity index is 1.29. The largest absolute Gasteiger partial charge is 0.448 e. The molecule has 2 saturated heterocycles. The first-order valence-electron chi connectivity index (χ1n) is 23.0. The minimum Gasteiger partial charge on any atom is -0.448 e. The van der Waals surface area contributed by atoms with Gasteiger partial charge in [-0.05, 0) is 78.3 Å². The Bertz CT molecular complexity index is 1880. The fourth-order valence-electron chi connectivity index (χ4n) is 9.66. The standard InChI is InChI=1S/C50H73NO8Si3/c1-11-61(12-2,13-3)56-36-42-32-41(53-7)33-50(52,58-42)34-47-51-40(35-54-47)31-37(4)48-39(6)49(38(5)46(57-48)29-30-55-60(8,9)10)59-62(43-23-17-14-18-24-43,44-25-19-15-20-26-44)45-27-21-16-22-28-45/h14-28,31,35,38-39,41-42,46,48-49,52H,11-13,29-30,32-34,36H2,1-10H3/b37-31+/t38-,39-,41+,42+,46+,48-,49-,50-/m0/s1. The van der Waals surface area contributed by atoms with Crippen molar-refractivity contribution in [2.75, 3.05) is 20.3 Å². The highest BCUT2D eigenvalue weighted by Crippen LogP contribution is 2.39. The van der Waals surface area contributed by atoms with Crippen molar-refractivity contribution in [1.29, 1.82) is 0 Å². The van der Waals surface area contributed by atoms with E-state index in [0.29, 0.717) is 37.6 Å². The van der Waals surface area contributed by atoms with Crippen LogP contribution in [0, 0.1) is 11.8 Å². The van der Waals surface area contributed by atoms with E-state index < -0.39 is 30.7 Å². The van der Waals surface area contributed by atoms with Crippen molar-refractivity contribution < 1.29 is 37.0 Å². The van der Waals surface area contributed by atoms with Crippen molar-refractivity contribution in [3.05, 3.63) is 114 Å². The van der Waals surface area contributed by atoms with Crippen LogP contribution in [0.25, 0.3) is 6.08 Å². The number of ether oxygens (including phenoxy) is 3. The van der Waals surface area contributed by atoms with Crippen LogP contribution in [0.2, 0.25) is 37.8 Å². The third kappa shape index (κ3) is 11.6. The highest BCUT2D eigenvalue weighted by Gasteiger charge is 2.50. The number of methoxy groups -OCH3 is 1. The van der Waals surface area contributed by atoms with Crippen LogP contribution in [0.5, 0.6) is 0 Å². The maximum atomic E-state index is 11.9. The highest BCUT2D eigenvalue weighted by molar-refractivity contribution is 7.07. The van der Waals surface area contributed by atoms with Crippen LogP contribution in [0.3, 0.4) is 0 Å². The van der Waals surface area contributed by atoms with Gasteiger partial charge in [-0.15, -0.1) is 0 Å². The molecule has 0 radical (unpaired) electrons. The van der Waals surface area contributed by atoms with Crippen molar-refractivity contribution in [2.24, 2.45) is 11.8 Å². The van der Waals surface area contributed by atoms with E-state index in [1.54, 1.807) is 13.4 Å². The third-order valence-corrected chi connectivity index (χ3v) is 23.1. The Hall–Kier alpha value is -3.02. The molecular formula is C50H73NO8Si3. The molecule has 3 heterocycles. The number of aromatic nitrogens is 1. The van der Waals surface area contributed by atoms with Crippen LogP contribution in [0.1, 0.15) is 72.4 Å². The van der Waals surface area contributed by atoms with Crippen LogP contribution in [-0.2, 0) is 33.9 Å². The second-order valence-electron chi connectivity index (χ2n) is 18.7. The zero-order valence-electron chi connectivity index (χ0n) is 39.0. The quantitative estimate of drug-likeness (QED) is 0.0689. The van der Waals surface area contributed by atoms with E-state index in [1.807, 2.05) is 0 Å². The zero-order valence-corrected chi connectivity index (χ0v) is 42.0. The molecule has 338 valence electrons. The molecule has 8 atom stereocenters. The van der Waals surface area contributed by atoms with Gasteiger partial charge in [-0.1, -0.05) is 126 Å². The molecule has 2 aliphatic rings. The van der Waals surface area contributed by atoms with E-state index >= 15 is 0 Å². The van der Waals surface area contributed by atoms with Gasteiger partial charge < -0.3 is 37.0 Å². The predicted molar refractivity (Wildman–Crippen MR) is 257 cm³/mol. The summed E-state index contributed by atoms with van der Waals surface area (Å²) in [5, 5.41) is 15.5. The summed E-state index contributed by atoms with van der Waals surface area (Å²) < 4.78 is 46.3. The summed E-state index contributed by atoms with van der Waals surface area (Å²) in [4.78, 5) is 4.87. The third-order valence-electron chi connectivity index (χ3n) is 13.3. The van der Waals surface area contributed by atoms with Gasteiger partial charge in [0.15, 0.2) is 28.3 Å². The Kier molecular flexibility index (Phi) is 16.7. The summed E-state index contributed by atoms with van der Waals surface area (Å²) in [5.41, 5.74) is 1.69. The van der Waals surface area contributed by atoms with Gasteiger partial charge in [-0.2, -0.15) is 0 Å². The van der Waals surface area contributed by atoms with E-state index in [2.05, 4.69) is 158 Å². The lowest BCUT2D eigenvalue weighted by Gasteiger charge is -2.49. The normalized spacial score (nSPS) is 26.4. The van der Waals surface area contributed by atoms with Crippen molar-refractivity contribution in [1.82, 2.24) is 4.98 Å². The lowest BCUT2D eigenvalue weighted by molar-refractivity contribution is -0.279. The molecule has 3 aromatic carbocycles. The van der Waals surface area contributed by atoms with Gasteiger partial charge in [-0.25, -0.2) is 4.98 Å². The summed E-state index contributed by atoms with van der Waals surface area (Å²) in [6.45, 7) is 21.1. The minimum atomic E-state index is -3.06. The van der Waals surface area contributed by atoms with Gasteiger partial charge in [0.25, 0.3) is 8.32 Å². The summed E-state index contributed by atoms with van der Waals surface area (Å²) in [7, 11) is -4.95. The van der Waals surface area contributed by atoms with Crippen LogP contribution < -0.4 is 15.6 Å².